The molecule has 0 aromatic rings. The average molecular weight is 247 g/mol. The fourth-order valence-electron chi connectivity index (χ4n) is 1.66. The van der Waals surface area contributed by atoms with Crippen molar-refractivity contribution in [3.63, 3.8) is 0 Å². The maximum absolute atomic E-state index is 10.3. The zero-order chi connectivity index (χ0) is 13.3. The summed E-state index contributed by atoms with van der Waals surface area (Å²) >= 11 is 0. The maximum Gasteiger partial charge on any atom is 0.303 e. The molecule has 3 N–H and O–H groups in total. The number of carboxylic acids is 1. The average Bonchev–Trinajstić information content (AvgIpc) is 2.26. The van der Waals surface area contributed by atoms with Gasteiger partial charge in [0.1, 0.15) is 0 Å². The first-order valence-corrected chi connectivity index (χ1v) is 6.22. The Morgan fingerprint density at radius 2 is 1.88 bits per heavy atom. The van der Waals surface area contributed by atoms with Crippen molar-refractivity contribution in [2.75, 3.05) is 19.7 Å². The van der Waals surface area contributed by atoms with Gasteiger partial charge in [-0.15, -0.1) is 0 Å². The van der Waals surface area contributed by atoms with Crippen molar-refractivity contribution in [2.45, 2.75) is 51.7 Å². The molecule has 0 aromatic carbocycles. The van der Waals surface area contributed by atoms with Gasteiger partial charge in [-0.2, -0.15) is 0 Å². The van der Waals surface area contributed by atoms with Gasteiger partial charge in [-0.05, 0) is 33.2 Å². The summed E-state index contributed by atoms with van der Waals surface area (Å²) in [7, 11) is 0. The summed E-state index contributed by atoms with van der Waals surface area (Å²) in [6.45, 7) is 5.16. The van der Waals surface area contributed by atoms with Gasteiger partial charge in [0, 0.05) is 19.0 Å². The number of aliphatic carboxylic acids is 1. The molecule has 0 rings (SSSR count). The number of carbonyl (C=O) groups is 1. The summed E-state index contributed by atoms with van der Waals surface area (Å²) in [5.74, 6) is -0.749. The van der Waals surface area contributed by atoms with Crippen LogP contribution in [0, 0.1) is 0 Å². The third-order valence-corrected chi connectivity index (χ3v) is 2.72. The highest BCUT2D eigenvalue weighted by molar-refractivity contribution is 5.66. The van der Waals surface area contributed by atoms with Crippen LogP contribution in [0.1, 0.15) is 39.5 Å². The lowest BCUT2D eigenvalue weighted by Crippen LogP contribution is -2.39. The van der Waals surface area contributed by atoms with Gasteiger partial charge in [-0.3, -0.25) is 9.69 Å². The van der Waals surface area contributed by atoms with Gasteiger partial charge < -0.3 is 15.3 Å². The number of hydrogen-bond donors (Lipinski definition) is 3. The molecule has 5 heteroatoms. The normalized spacial score (nSPS) is 13.3. The van der Waals surface area contributed by atoms with Crippen molar-refractivity contribution in [3.05, 3.63) is 0 Å². The Bertz CT molecular complexity index is 209. The van der Waals surface area contributed by atoms with Crippen molar-refractivity contribution >= 4 is 5.97 Å². The third-order valence-electron chi connectivity index (χ3n) is 2.72. The maximum atomic E-state index is 10.3. The predicted octanol–water partition coefficient (Wildman–Crippen LogP) is 0.695. The van der Waals surface area contributed by atoms with Crippen LogP contribution in [-0.4, -0.2) is 58.0 Å². The van der Waals surface area contributed by atoms with Gasteiger partial charge >= 0.3 is 5.97 Å². The molecule has 17 heavy (non-hydrogen) atoms. The first kappa shape index (κ1) is 16.4. The molecule has 102 valence electrons. The number of aliphatic hydroxyl groups is 2. The van der Waals surface area contributed by atoms with Crippen LogP contribution in [0.5, 0.6) is 0 Å². The topological polar surface area (TPSA) is 81.0 Å². The molecule has 1 atom stereocenters. The van der Waals surface area contributed by atoms with E-state index in [2.05, 4.69) is 4.90 Å². The zero-order valence-electron chi connectivity index (χ0n) is 10.8. The van der Waals surface area contributed by atoms with Crippen LogP contribution >= 0.6 is 0 Å². The summed E-state index contributed by atoms with van der Waals surface area (Å²) in [5.41, 5.74) is 0. The van der Waals surface area contributed by atoms with Crippen LogP contribution < -0.4 is 0 Å². The molecule has 0 amide bonds. The van der Waals surface area contributed by atoms with E-state index in [4.69, 9.17) is 10.2 Å². The number of nitrogens with zero attached hydrogens (tertiary/aromatic N) is 1. The highest BCUT2D eigenvalue weighted by Gasteiger charge is 2.13. The van der Waals surface area contributed by atoms with E-state index in [1.54, 1.807) is 0 Å². The van der Waals surface area contributed by atoms with Crippen LogP contribution in [0.2, 0.25) is 0 Å². The molecule has 0 radical (unpaired) electrons. The fourth-order valence-corrected chi connectivity index (χ4v) is 1.66. The summed E-state index contributed by atoms with van der Waals surface area (Å²) < 4.78 is 0. The Hall–Kier alpha value is -0.650. The Morgan fingerprint density at radius 3 is 2.35 bits per heavy atom. The number of carboxylic acid groups (broad SMARTS) is 1. The van der Waals surface area contributed by atoms with Gasteiger partial charge in [0.05, 0.1) is 12.7 Å². The molecule has 0 fully saturated rings. The molecular formula is C12H25NO4. The molecule has 0 saturated carbocycles. The molecule has 0 aliphatic heterocycles. The number of unbranched alkanes of at least 4 members (excludes halogenated alkanes) is 2. The molecule has 0 aliphatic rings. The molecule has 0 aromatic heterocycles. The lowest BCUT2D eigenvalue weighted by molar-refractivity contribution is -0.137. The summed E-state index contributed by atoms with van der Waals surface area (Å²) in [6, 6.07) is 0.315. The van der Waals surface area contributed by atoms with E-state index >= 15 is 0 Å². The van der Waals surface area contributed by atoms with Crippen LogP contribution in [0.4, 0.5) is 0 Å². The molecule has 0 heterocycles. The standard InChI is InChI=1S/C12H25NO4/c1-10(2)13(8-11(15)9-14)7-5-3-4-6-12(16)17/h10-11,14-15H,3-9H2,1-2H3,(H,16,17). The van der Waals surface area contributed by atoms with Gasteiger partial charge in [0.2, 0.25) is 0 Å². The Labute approximate surface area is 103 Å². The summed E-state index contributed by atoms with van der Waals surface area (Å²) in [6.07, 6.45) is 2.02. The lowest BCUT2D eigenvalue weighted by atomic mass is 10.1. The van der Waals surface area contributed by atoms with Crippen molar-refractivity contribution < 1.29 is 20.1 Å². The van der Waals surface area contributed by atoms with E-state index < -0.39 is 12.1 Å². The Kier molecular flexibility index (Phi) is 9.03. The van der Waals surface area contributed by atoms with Gasteiger partial charge in [0.25, 0.3) is 0 Å². The predicted molar refractivity (Wildman–Crippen MR) is 65.9 cm³/mol. The van der Waals surface area contributed by atoms with E-state index in [0.29, 0.717) is 19.0 Å². The van der Waals surface area contributed by atoms with E-state index in [-0.39, 0.29) is 13.0 Å². The largest absolute Gasteiger partial charge is 0.481 e. The number of rotatable bonds is 10. The van der Waals surface area contributed by atoms with Crippen molar-refractivity contribution in [2.24, 2.45) is 0 Å². The molecule has 1 unspecified atom stereocenters. The SMILES string of the molecule is CC(C)N(CCCCCC(=O)O)CC(O)CO. The summed E-state index contributed by atoms with van der Waals surface area (Å²) in [4.78, 5) is 12.4. The minimum Gasteiger partial charge on any atom is -0.481 e. The summed E-state index contributed by atoms with van der Waals surface area (Å²) in [5, 5.41) is 26.7. The molecule has 0 bridgehead atoms. The third kappa shape index (κ3) is 9.09. The quantitative estimate of drug-likeness (QED) is 0.495. The van der Waals surface area contributed by atoms with E-state index in [1.165, 1.54) is 0 Å². The fraction of sp³-hybridized carbons (Fsp3) is 0.917. The van der Waals surface area contributed by atoms with Gasteiger partial charge in [-0.1, -0.05) is 6.42 Å². The van der Waals surface area contributed by atoms with Gasteiger partial charge in [-0.25, -0.2) is 0 Å². The molecule has 0 saturated heterocycles. The van der Waals surface area contributed by atoms with Crippen LogP contribution in [0.3, 0.4) is 0 Å². The van der Waals surface area contributed by atoms with Gasteiger partial charge in [0.15, 0.2) is 0 Å². The second-order valence-corrected chi connectivity index (χ2v) is 4.63. The zero-order valence-corrected chi connectivity index (χ0v) is 10.8. The second kappa shape index (κ2) is 9.39. The Balaban J connectivity index is 3.74. The monoisotopic (exact) mass is 247 g/mol. The first-order valence-electron chi connectivity index (χ1n) is 6.22. The molecule has 0 spiro atoms. The molecule has 5 nitrogen and oxygen atoms in total. The van der Waals surface area contributed by atoms with Crippen LogP contribution in [0.15, 0.2) is 0 Å². The smallest absolute Gasteiger partial charge is 0.303 e. The minimum absolute atomic E-state index is 0.220. The van der Waals surface area contributed by atoms with Crippen molar-refractivity contribution in [1.29, 1.82) is 0 Å². The highest BCUT2D eigenvalue weighted by Crippen LogP contribution is 2.06. The van der Waals surface area contributed by atoms with Crippen molar-refractivity contribution in [1.82, 2.24) is 4.90 Å². The van der Waals surface area contributed by atoms with Crippen molar-refractivity contribution in [3.8, 4) is 0 Å². The Morgan fingerprint density at radius 1 is 1.24 bits per heavy atom. The number of hydrogen-bond acceptors (Lipinski definition) is 4. The van der Waals surface area contributed by atoms with Crippen LogP contribution in [-0.2, 0) is 4.79 Å². The number of aliphatic hydroxyl groups excluding tert-OH is 2. The minimum atomic E-state index is -0.749. The second-order valence-electron chi connectivity index (χ2n) is 4.63. The lowest BCUT2D eigenvalue weighted by Gasteiger charge is -2.28. The highest BCUT2D eigenvalue weighted by atomic mass is 16.4. The van der Waals surface area contributed by atoms with E-state index in [1.807, 2.05) is 13.8 Å². The molecule has 0 aliphatic carbocycles. The first-order chi connectivity index (χ1) is 7.97. The van der Waals surface area contributed by atoms with E-state index in [9.17, 15) is 9.90 Å². The van der Waals surface area contributed by atoms with E-state index in [0.717, 1.165) is 19.4 Å². The molecular weight excluding hydrogens is 222 g/mol. The van der Waals surface area contributed by atoms with Crippen LogP contribution in [0.25, 0.3) is 0 Å².